The Morgan fingerprint density at radius 2 is 1.68 bits per heavy atom. The van der Waals surface area contributed by atoms with E-state index in [2.05, 4.69) is 0 Å². The summed E-state index contributed by atoms with van der Waals surface area (Å²) in [6.45, 7) is 5.88. The molecule has 0 heterocycles. The van der Waals surface area contributed by atoms with Crippen LogP contribution in [0.1, 0.15) is 33.9 Å². The molecule has 3 heteroatoms. The first-order chi connectivity index (χ1) is 8.91. The normalized spacial score (nSPS) is 12.5. The van der Waals surface area contributed by atoms with E-state index in [0.29, 0.717) is 5.56 Å². The molecule has 2 aromatic rings. The van der Waals surface area contributed by atoms with Gasteiger partial charge in [-0.05, 0) is 43.5 Å². The average molecular weight is 279 g/mol. The van der Waals surface area contributed by atoms with E-state index in [0.717, 1.165) is 22.3 Å². The van der Waals surface area contributed by atoms with Crippen LogP contribution in [0.25, 0.3) is 0 Å². The fourth-order valence-electron chi connectivity index (χ4n) is 2.51. The Labute approximate surface area is 117 Å². The van der Waals surface area contributed by atoms with Crippen LogP contribution in [0, 0.1) is 26.6 Å². The van der Waals surface area contributed by atoms with Gasteiger partial charge in [0, 0.05) is 5.56 Å². The van der Waals surface area contributed by atoms with E-state index in [1.165, 1.54) is 6.07 Å². The second kappa shape index (κ2) is 5.32. The molecule has 0 amide bonds. The highest BCUT2D eigenvalue weighted by Gasteiger charge is 2.19. The molecule has 0 aliphatic heterocycles. The minimum atomic E-state index is -0.913. The van der Waals surface area contributed by atoms with E-state index in [4.69, 9.17) is 11.6 Å². The van der Waals surface area contributed by atoms with Crippen molar-refractivity contribution in [3.8, 4) is 0 Å². The Kier molecular flexibility index (Phi) is 3.93. The number of hydrogen-bond donors (Lipinski definition) is 1. The molecule has 0 saturated carbocycles. The quantitative estimate of drug-likeness (QED) is 0.858. The van der Waals surface area contributed by atoms with Gasteiger partial charge in [-0.3, -0.25) is 0 Å². The summed E-state index contributed by atoms with van der Waals surface area (Å²) in [6.07, 6.45) is -0.913. The zero-order valence-electron chi connectivity index (χ0n) is 11.2. The fraction of sp³-hybridized carbons (Fsp3) is 0.250. The number of rotatable bonds is 2. The summed E-state index contributed by atoms with van der Waals surface area (Å²) in [4.78, 5) is 0. The van der Waals surface area contributed by atoms with E-state index in [1.54, 1.807) is 12.1 Å². The third-order valence-corrected chi connectivity index (χ3v) is 3.69. The molecule has 0 fully saturated rings. The lowest BCUT2D eigenvalue weighted by atomic mass is 9.92. The monoisotopic (exact) mass is 278 g/mol. The minimum absolute atomic E-state index is 0.0191. The Morgan fingerprint density at radius 3 is 2.26 bits per heavy atom. The van der Waals surface area contributed by atoms with E-state index in [-0.39, 0.29) is 5.02 Å². The van der Waals surface area contributed by atoms with E-state index < -0.39 is 11.9 Å². The first-order valence-electron chi connectivity index (χ1n) is 6.11. The Balaban J connectivity index is 2.56. The molecule has 0 aliphatic rings. The molecule has 1 nitrogen and oxygen atoms in total. The molecule has 0 aromatic heterocycles. The predicted molar refractivity (Wildman–Crippen MR) is 76.1 cm³/mol. The van der Waals surface area contributed by atoms with Gasteiger partial charge in [0.25, 0.3) is 0 Å². The van der Waals surface area contributed by atoms with Crippen molar-refractivity contribution in [3.05, 3.63) is 69.0 Å². The van der Waals surface area contributed by atoms with Crippen LogP contribution in [-0.4, -0.2) is 5.11 Å². The number of aliphatic hydroxyl groups is 1. The number of aliphatic hydroxyl groups excluding tert-OH is 1. The second-order valence-electron chi connectivity index (χ2n) is 4.86. The second-order valence-corrected chi connectivity index (χ2v) is 5.24. The van der Waals surface area contributed by atoms with Gasteiger partial charge in [0.05, 0.1) is 5.02 Å². The molecule has 0 bridgehead atoms. The summed E-state index contributed by atoms with van der Waals surface area (Å²) >= 11 is 5.94. The molecule has 1 N–H and O–H groups in total. The standard InChI is InChI=1S/C16H16ClFO/c1-9-7-10(2)14(11(3)8-9)16(19)12-5-4-6-13(18)15(12)17/h4-8,16,19H,1-3H3. The van der Waals surface area contributed by atoms with Crippen molar-refractivity contribution in [2.75, 3.05) is 0 Å². The van der Waals surface area contributed by atoms with E-state index in [1.807, 2.05) is 32.9 Å². The van der Waals surface area contributed by atoms with Crippen molar-refractivity contribution in [2.24, 2.45) is 0 Å². The average Bonchev–Trinajstić information content (AvgIpc) is 2.31. The van der Waals surface area contributed by atoms with Crippen LogP contribution in [0.2, 0.25) is 5.02 Å². The summed E-state index contributed by atoms with van der Waals surface area (Å²) in [6, 6.07) is 8.48. The van der Waals surface area contributed by atoms with Gasteiger partial charge in [-0.15, -0.1) is 0 Å². The largest absolute Gasteiger partial charge is 0.384 e. The van der Waals surface area contributed by atoms with Crippen molar-refractivity contribution < 1.29 is 9.50 Å². The molecule has 100 valence electrons. The zero-order valence-corrected chi connectivity index (χ0v) is 11.9. The molecule has 2 rings (SSSR count). The summed E-state index contributed by atoms with van der Waals surface area (Å²) in [5.41, 5.74) is 4.28. The Morgan fingerprint density at radius 1 is 1.11 bits per heavy atom. The molecule has 1 unspecified atom stereocenters. The van der Waals surface area contributed by atoms with Crippen LogP contribution < -0.4 is 0 Å². The van der Waals surface area contributed by atoms with E-state index >= 15 is 0 Å². The van der Waals surface area contributed by atoms with E-state index in [9.17, 15) is 9.50 Å². The summed E-state index contributed by atoms with van der Waals surface area (Å²) in [5.74, 6) is -0.513. The highest BCUT2D eigenvalue weighted by molar-refractivity contribution is 6.31. The zero-order chi connectivity index (χ0) is 14.2. The van der Waals surface area contributed by atoms with Crippen LogP contribution in [0.3, 0.4) is 0 Å². The lowest BCUT2D eigenvalue weighted by Gasteiger charge is -2.19. The van der Waals surface area contributed by atoms with Crippen molar-refractivity contribution >= 4 is 11.6 Å². The molecular weight excluding hydrogens is 263 g/mol. The third-order valence-electron chi connectivity index (χ3n) is 3.29. The van der Waals surface area contributed by atoms with Gasteiger partial charge in [0.2, 0.25) is 0 Å². The van der Waals surface area contributed by atoms with Crippen molar-refractivity contribution in [1.29, 1.82) is 0 Å². The SMILES string of the molecule is Cc1cc(C)c(C(O)c2cccc(F)c2Cl)c(C)c1. The lowest BCUT2D eigenvalue weighted by Crippen LogP contribution is -2.06. The number of hydrogen-bond acceptors (Lipinski definition) is 1. The molecular formula is C16H16ClFO. The Hall–Kier alpha value is -1.38. The van der Waals surface area contributed by atoms with Gasteiger partial charge in [-0.25, -0.2) is 4.39 Å². The highest BCUT2D eigenvalue weighted by atomic mass is 35.5. The summed E-state index contributed by atoms with van der Waals surface area (Å²) in [5, 5.41) is 10.5. The maximum atomic E-state index is 13.5. The van der Waals surface area contributed by atoms with Crippen molar-refractivity contribution in [1.82, 2.24) is 0 Å². The molecule has 19 heavy (non-hydrogen) atoms. The molecule has 0 spiro atoms. The number of aryl methyl sites for hydroxylation is 3. The van der Waals surface area contributed by atoms with Crippen LogP contribution in [0.4, 0.5) is 4.39 Å². The smallest absolute Gasteiger partial charge is 0.142 e. The van der Waals surface area contributed by atoms with Gasteiger partial charge >= 0.3 is 0 Å². The van der Waals surface area contributed by atoms with Gasteiger partial charge in [-0.1, -0.05) is 41.4 Å². The molecule has 1 atom stereocenters. The number of benzene rings is 2. The third kappa shape index (κ3) is 2.65. The Bertz CT molecular complexity index is 599. The van der Waals surface area contributed by atoms with Gasteiger partial charge in [-0.2, -0.15) is 0 Å². The minimum Gasteiger partial charge on any atom is -0.384 e. The molecule has 2 aromatic carbocycles. The summed E-state index contributed by atoms with van der Waals surface area (Å²) < 4.78 is 13.5. The summed E-state index contributed by atoms with van der Waals surface area (Å²) in [7, 11) is 0. The topological polar surface area (TPSA) is 20.2 Å². The highest BCUT2D eigenvalue weighted by Crippen LogP contribution is 2.33. The lowest BCUT2D eigenvalue weighted by molar-refractivity contribution is 0.218. The molecule has 0 radical (unpaired) electrons. The fourth-order valence-corrected chi connectivity index (χ4v) is 2.74. The first-order valence-corrected chi connectivity index (χ1v) is 6.49. The van der Waals surface area contributed by atoms with Gasteiger partial charge in [0.1, 0.15) is 11.9 Å². The van der Waals surface area contributed by atoms with Crippen LogP contribution in [0.5, 0.6) is 0 Å². The predicted octanol–water partition coefficient (Wildman–Crippen LogP) is 4.49. The van der Waals surface area contributed by atoms with Gasteiger partial charge in [0.15, 0.2) is 0 Å². The van der Waals surface area contributed by atoms with Crippen molar-refractivity contribution in [2.45, 2.75) is 26.9 Å². The number of halogens is 2. The van der Waals surface area contributed by atoms with Crippen LogP contribution in [-0.2, 0) is 0 Å². The van der Waals surface area contributed by atoms with Crippen LogP contribution in [0.15, 0.2) is 30.3 Å². The van der Waals surface area contributed by atoms with Gasteiger partial charge < -0.3 is 5.11 Å². The molecule has 0 aliphatic carbocycles. The maximum Gasteiger partial charge on any atom is 0.142 e. The molecule has 0 saturated heterocycles. The first kappa shape index (κ1) is 14.0. The van der Waals surface area contributed by atoms with Crippen molar-refractivity contribution in [3.63, 3.8) is 0 Å². The maximum absolute atomic E-state index is 13.5. The van der Waals surface area contributed by atoms with Crippen LogP contribution >= 0.6 is 11.6 Å².